The van der Waals surface area contributed by atoms with Crippen molar-refractivity contribution in [3.63, 3.8) is 0 Å². The molecule has 0 aliphatic carbocycles. The van der Waals surface area contributed by atoms with Gasteiger partial charge in [0.25, 0.3) is 0 Å². The molecule has 0 saturated carbocycles. The van der Waals surface area contributed by atoms with Crippen molar-refractivity contribution >= 4 is 67.5 Å². The number of hydrogen-bond acceptors (Lipinski definition) is 2. The van der Waals surface area contributed by atoms with E-state index in [-0.39, 0.29) is 44.8 Å². The van der Waals surface area contributed by atoms with Crippen LogP contribution in [0.5, 0.6) is 0 Å². The van der Waals surface area contributed by atoms with Crippen LogP contribution < -0.4 is 31.8 Å². The van der Waals surface area contributed by atoms with Crippen LogP contribution in [0, 0.1) is 12.1 Å². The zero-order valence-corrected chi connectivity index (χ0v) is 30.2. The van der Waals surface area contributed by atoms with Crippen LogP contribution in [0.2, 0.25) is 0 Å². The van der Waals surface area contributed by atoms with E-state index in [2.05, 4.69) is 121 Å². The van der Waals surface area contributed by atoms with Crippen LogP contribution in [0.4, 0.5) is 0 Å². The predicted molar refractivity (Wildman–Crippen MR) is 183 cm³/mol. The third kappa shape index (κ3) is 7.78. The van der Waals surface area contributed by atoms with Crippen molar-refractivity contribution in [2.45, 2.75) is 0 Å². The van der Waals surface area contributed by atoms with Crippen LogP contribution in [0.15, 0.2) is 170 Å². The summed E-state index contributed by atoms with van der Waals surface area (Å²) in [5, 5.41) is 7.08. The van der Waals surface area contributed by atoms with Crippen molar-refractivity contribution in [1.82, 2.24) is 0 Å². The van der Waals surface area contributed by atoms with Crippen molar-refractivity contribution in [3.05, 3.63) is 182 Å². The van der Waals surface area contributed by atoms with E-state index in [4.69, 9.17) is 23.6 Å². The summed E-state index contributed by atoms with van der Waals surface area (Å²) < 4.78 is 0. The SMILES string of the molecule is S=P(c1[c-]cccc1)(c1ccccc1)c1ccccc1.S=P(c1[c-]cccc1)(c1ccccc1)c1ccccc1.[Au+].[Au+]. The smallest absolute Gasteiger partial charge is 0.176 e. The average molecular weight is 981 g/mol. The van der Waals surface area contributed by atoms with E-state index < -0.39 is 12.1 Å². The minimum absolute atomic E-state index is 0. The normalized spacial score (nSPS) is 10.7. The zero-order chi connectivity index (χ0) is 27.7. The van der Waals surface area contributed by atoms with Crippen molar-refractivity contribution in [3.8, 4) is 0 Å². The topological polar surface area (TPSA) is 0 Å². The molecule has 0 bridgehead atoms. The molecule has 6 aromatic carbocycles. The van der Waals surface area contributed by atoms with Crippen LogP contribution in [0.3, 0.4) is 0 Å². The Morgan fingerprint density at radius 1 is 0.333 bits per heavy atom. The van der Waals surface area contributed by atoms with E-state index >= 15 is 0 Å². The molecule has 6 heteroatoms. The number of rotatable bonds is 6. The van der Waals surface area contributed by atoms with Crippen molar-refractivity contribution in [2.24, 2.45) is 0 Å². The van der Waals surface area contributed by atoms with Gasteiger partial charge >= 0.3 is 44.8 Å². The van der Waals surface area contributed by atoms with Crippen molar-refractivity contribution in [1.29, 1.82) is 0 Å². The first-order valence-corrected chi connectivity index (χ1v) is 18.6. The van der Waals surface area contributed by atoms with Gasteiger partial charge in [-0.2, -0.15) is 60.7 Å². The summed E-state index contributed by atoms with van der Waals surface area (Å²) in [6.07, 6.45) is 0. The van der Waals surface area contributed by atoms with E-state index in [9.17, 15) is 0 Å². The van der Waals surface area contributed by atoms with Crippen LogP contribution in [-0.4, -0.2) is 0 Å². The molecule has 0 aromatic heterocycles. The second kappa shape index (κ2) is 16.8. The molecule has 0 amide bonds. The quantitative estimate of drug-likeness (QED) is 0.107. The first-order valence-electron chi connectivity index (χ1n) is 13.0. The van der Waals surface area contributed by atoms with Gasteiger partial charge in [-0.05, 0) is 21.2 Å². The van der Waals surface area contributed by atoms with Gasteiger partial charge in [-0.25, -0.2) is 0 Å². The molecule has 0 spiro atoms. The zero-order valence-electron chi connectivity index (χ0n) is 22.5. The molecule has 0 heterocycles. The van der Waals surface area contributed by atoms with Gasteiger partial charge in [0.2, 0.25) is 0 Å². The minimum Gasteiger partial charge on any atom is -0.176 e. The van der Waals surface area contributed by atoms with Gasteiger partial charge in [0.15, 0.2) is 0 Å². The molecule has 0 radical (unpaired) electrons. The molecular formula is C36H28Au2P2S2. The molecule has 0 aliphatic rings. The van der Waals surface area contributed by atoms with E-state index in [1.165, 1.54) is 21.2 Å². The van der Waals surface area contributed by atoms with E-state index in [0.717, 1.165) is 10.6 Å². The first kappa shape index (κ1) is 34.6. The Morgan fingerprint density at radius 2 is 0.571 bits per heavy atom. The van der Waals surface area contributed by atoms with E-state index in [0.29, 0.717) is 0 Å². The molecule has 0 fully saturated rings. The Kier molecular flexibility index (Phi) is 13.8. The summed E-state index contributed by atoms with van der Waals surface area (Å²) in [4.78, 5) is 0. The Bertz CT molecular complexity index is 1380. The van der Waals surface area contributed by atoms with E-state index in [1.54, 1.807) is 0 Å². The van der Waals surface area contributed by atoms with Gasteiger partial charge in [0, 0.05) is 12.1 Å². The van der Waals surface area contributed by atoms with Gasteiger partial charge in [-0.1, -0.05) is 145 Å². The molecule has 6 rings (SSSR count). The monoisotopic (exact) mass is 980 g/mol. The Balaban J connectivity index is 0.000000220. The molecule has 216 valence electrons. The van der Waals surface area contributed by atoms with Crippen LogP contribution in [-0.2, 0) is 68.4 Å². The fourth-order valence-corrected chi connectivity index (χ4v) is 11.9. The molecule has 6 aromatic rings. The Hall–Kier alpha value is -1.90. The molecular weight excluding hydrogens is 952 g/mol. The number of hydrogen-bond donors (Lipinski definition) is 0. The number of benzene rings is 6. The first-order chi connectivity index (χ1) is 19.6. The van der Waals surface area contributed by atoms with Crippen LogP contribution in [0.1, 0.15) is 0 Å². The largest absolute Gasteiger partial charge is 1.00 e. The van der Waals surface area contributed by atoms with Gasteiger partial charge < -0.3 is 0 Å². The average Bonchev–Trinajstić information content (AvgIpc) is 3.07. The third-order valence-corrected chi connectivity index (χ3v) is 16.3. The minimum atomic E-state index is -2.00. The fraction of sp³-hybridized carbons (Fsp3) is 0. The molecule has 0 unspecified atom stereocenters. The second-order valence-electron chi connectivity index (χ2n) is 9.06. The van der Waals surface area contributed by atoms with E-state index in [1.807, 2.05) is 60.7 Å². The fourth-order valence-electron chi connectivity index (χ4n) is 4.57. The van der Waals surface area contributed by atoms with Gasteiger partial charge in [0.05, 0.1) is 0 Å². The van der Waals surface area contributed by atoms with Gasteiger partial charge in [0.1, 0.15) is 0 Å². The van der Waals surface area contributed by atoms with Crippen molar-refractivity contribution in [2.75, 3.05) is 0 Å². The summed E-state index contributed by atoms with van der Waals surface area (Å²) in [6.45, 7) is 0. The molecule has 0 aliphatic heterocycles. The van der Waals surface area contributed by atoms with Crippen LogP contribution >= 0.6 is 12.1 Å². The van der Waals surface area contributed by atoms with Gasteiger partial charge in [-0.3, -0.25) is 0 Å². The molecule has 0 N–H and O–H groups in total. The maximum atomic E-state index is 6.18. The Morgan fingerprint density at radius 3 is 0.786 bits per heavy atom. The molecule has 0 saturated heterocycles. The maximum absolute atomic E-state index is 6.18. The summed E-state index contributed by atoms with van der Waals surface area (Å²) in [6, 6.07) is 60.5. The summed E-state index contributed by atoms with van der Waals surface area (Å²) in [5.74, 6) is 0. The second-order valence-corrected chi connectivity index (χ2v) is 17.8. The molecule has 0 nitrogen and oxygen atoms in total. The van der Waals surface area contributed by atoms with Crippen LogP contribution in [0.25, 0.3) is 0 Å². The maximum Gasteiger partial charge on any atom is 1.00 e. The summed E-state index contributed by atoms with van der Waals surface area (Å²) in [5.41, 5.74) is 0. The summed E-state index contributed by atoms with van der Waals surface area (Å²) >= 11 is 12.4. The molecule has 42 heavy (non-hydrogen) atoms. The predicted octanol–water partition coefficient (Wildman–Crippen LogP) is 6.48. The standard InChI is InChI=1S/2C18H14PS.2Au/c2*20-19(16-10-4-1-5-11-16,17-12-6-2-7-13-17)18-14-8-3-9-15-18;;/h2*1-14H;;/q2*-1;2*+1. The third-order valence-electron chi connectivity index (χ3n) is 6.54. The van der Waals surface area contributed by atoms with Gasteiger partial charge in [-0.15, -0.1) is 10.6 Å². The summed E-state index contributed by atoms with van der Waals surface area (Å²) in [7, 11) is 0. The van der Waals surface area contributed by atoms with Crippen molar-refractivity contribution < 1.29 is 44.8 Å². The molecule has 0 atom stereocenters. The Labute approximate surface area is 291 Å².